The third-order valence-corrected chi connectivity index (χ3v) is 4.79. The number of halogens is 4. The number of nitrogens with two attached hydrogens (primary N) is 1. The second-order valence-corrected chi connectivity index (χ2v) is 7.39. The molecular formula is C17H13F4N3O2S. The van der Waals surface area contributed by atoms with E-state index >= 15 is 0 Å². The quantitative estimate of drug-likeness (QED) is 0.683. The van der Waals surface area contributed by atoms with Gasteiger partial charge in [-0.2, -0.15) is 18.3 Å². The molecule has 0 aliphatic rings. The topological polar surface area (TPSA) is 78.0 Å². The van der Waals surface area contributed by atoms with Crippen molar-refractivity contribution in [2.24, 2.45) is 5.14 Å². The monoisotopic (exact) mass is 399 g/mol. The lowest BCUT2D eigenvalue weighted by Crippen LogP contribution is -2.12. The maximum Gasteiger partial charge on any atom is 0.435 e. The first-order valence-electron chi connectivity index (χ1n) is 7.54. The molecule has 1 heterocycles. The van der Waals surface area contributed by atoms with E-state index in [1.54, 1.807) is 0 Å². The predicted octanol–water partition coefficient (Wildman–Crippen LogP) is 3.65. The summed E-state index contributed by atoms with van der Waals surface area (Å²) in [4.78, 5) is -0.186. The Morgan fingerprint density at radius 2 is 1.67 bits per heavy atom. The molecule has 0 saturated heterocycles. The summed E-state index contributed by atoms with van der Waals surface area (Å²) >= 11 is 0. The van der Waals surface area contributed by atoms with E-state index in [0.29, 0.717) is 5.56 Å². The highest BCUT2D eigenvalue weighted by molar-refractivity contribution is 7.89. The number of rotatable bonds is 3. The van der Waals surface area contributed by atoms with Crippen LogP contribution in [0.2, 0.25) is 0 Å². The Kier molecular flexibility index (Phi) is 4.56. The Morgan fingerprint density at radius 1 is 1.04 bits per heavy atom. The van der Waals surface area contributed by atoms with Crippen molar-refractivity contribution >= 4 is 10.0 Å². The molecular weight excluding hydrogens is 386 g/mol. The molecule has 2 N–H and O–H groups in total. The van der Waals surface area contributed by atoms with Crippen molar-refractivity contribution in [2.45, 2.75) is 18.0 Å². The van der Waals surface area contributed by atoms with E-state index in [1.165, 1.54) is 43.3 Å². The minimum atomic E-state index is -4.68. The number of alkyl halides is 3. The molecule has 10 heteroatoms. The van der Waals surface area contributed by atoms with Gasteiger partial charge in [0.2, 0.25) is 10.0 Å². The van der Waals surface area contributed by atoms with Crippen molar-refractivity contribution in [3.05, 3.63) is 65.6 Å². The summed E-state index contributed by atoms with van der Waals surface area (Å²) in [6.45, 7) is 1.49. The van der Waals surface area contributed by atoms with Crippen LogP contribution < -0.4 is 5.14 Å². The molecule has 0 radical (unpaired) electrons. The molecule has 2 aromatic carbocycles. The molecule has 3 aromatic rings. The Hall–Kier alpha value is -2.72. The maximum atomic E-state index is 13.5. The first kappa shape index (κ1) is 19.1. The van der Waals surface area contributed by atoms with Crippen LogP contribution in [0.4, 0.5) is 17.6 Å². The molecule has 0 amide bonds. The van der Waals surface area contributed by atoms with Crippen LogP contribution in [0.25, 0.3) is 16.9 Å². The maximum absolute atomic E-state index is 13.5. The van der Waals surface area contributed by atoms with Crippen LogP contribution in [0.5, 0.6) is 0 Å². The molecule has 142 valence electrons. The highest BCUT2D eigenvalue weighted by Crippen LogP contribution is 2.33. The van der Waals surface area contributed by atoms with Gasteiger partial charge in [0.25, 0.3) is 0 Å². The van der Waals surface area contributed by atoms with E-state index in [0.717, 1.165) is 16.8 Å². The van der Waals surface area contributed by atoms with E-state index in [4.69, 9.17) is 5.14 Å². The molecule has 5 nitrogen and oxygen atoms in total. The fourth-order valence-corrected chi connectivity index (χ4v) is 3.02. The van der Waals surface area contributed by atoms with Gasteiger partial charge in [0.1, 0.15) is 5.82 Å². The lowest BCUT2D eigenvalue weighted by atomic mass is 10.1. The van der Waals surface area contributed by atoms with Crippen molar-refractivity contribution < 1.29 is 26.0 Å². The van der Waals surface area contributed by atoms with Gasteiger partial charge in [-0.1, -0.05) is 0 Å². The molecule has 0 fully saturated rings. The van der Waals surface area contributed by atoms with Crippen LogP contribution in [0, 0.1) is 12.7 Å². The number of aryl methyl sites for hydroxylation is 1. The average molecular weight is 399 g/mol. The van der Waals surface area contributed by atoms with Gasteiger partial charge in [0.05, 0.1) is 16.3 Å². The average Bonchev–Trinajstić information content (AvgIpc) is 3.02. The van der Waals surface area contributed by atoms with E-state index in [1.807, 2.05) is 0 Å². The van der Waals surface area contributed by atoms with Crippen LogP contribution >= 0.6 is 0 Å². The van der Waals surface area contributed by atoms with Gasteiger partial charge in [0, 0.05) is 5.56 Å². The van der Waals surface area contributed by atoms with Gasteiger partial charge in [-0.25, -0.2) is 22.6 Å². The van der Waals surface area contributed by atoms with Crippen molar-refractivity contribution in [1.82, 2.24) is 9.78 Å². The first-order chi connectivity index (χ1) is 12.5. The van der Waals surface area contributed by atoms with E-state index in [9.17, 15) is 26.0 Å². The third-order valence-electron chi connectivity index (χ3n) is 3.86. The largest absolute Gasteiger partial charge is 0.435 e. The highest BCUT2D eigenvalue weighted by atomic mass is 32.2. The summed E-state index contributed by atoms with van der Waals surface area (Å²) in [6, 6.07) is 9.65. The van der Waals surface area contributed by atoms with Crippen molar-refractivity contribution in [3.63, 3.8) is 0 Å². The van der Waals surface area contributed by atoms with Crippen LogP contribution in [-0.4, -0.2) is 18.2 Å². The van der Waals surface area contributed by atoms with Gasteiger partial charge in [-0.3, -0.25) is 0 Å². The SMILES string of the molecule is Cc1cc(-c2cc(C(F)(F)F)nn2-c2ccc(S(N)(=O)=O)cc2)ccc1F. The second-order valence-electron chi connectivity index (χ2n) is 5.83. The molecule has 0 aliphatic carbocycles. The first-order valence-corrected chi connectivity index (χ1v) is 9.08. The summed E-state index contributed by atoms with van der Waals surface area (Å²) in [6.07, 6.45) is -4.68. The normalized spacial score (nSPS) is 12.4. The van der Waals surface area contributed by atoms with E-state index in [2.05, 4.69) is 5.10 Å². The number of benzene rings is 2. The highest BCUT2D eigenvalue weighted by Gasteiger charge is 2.35. The number of primary sulfonamides is 1. The molecule has 0 unspecified atom stereocenters. The summed E-state index contributed by atoms with van der Waals surface area (Å²) in [7, 11) is -3.94. The van der Waals surface area contributed by atoms with Crippen LogP contribution in [0.3, 0.4) is 0 Å². The van der Waals surface area contributed by atoms with Crippen LogP contribution in [0.1, 0.15) is 11.3 Å². The molecule has 3 rings (SSSR count). The zero-order valence-corrected chi connectivity index (χ0v) is 14.6. The molecule has 0 bridgehead atoms. The Bertz CT molecular complexity index is 1100. The molecule has 0 saturated carbocycles. The molecule has 0 aliphatic heterocycles. The fourth-order valence-electron chi connectivity index (χ4n) is 2.50. The number of hydrogen-bond acceptors (Lipinski definition) is 3. The van der Waals surface area contributed by atoms with Crippen molar-refractivity contribution in [1.29, 1.82) is 0 Å². The van der Waals surface area contributed by atoms with E-state index < -0.39 is 27.7 Å². The van der Waals surface area contributed by atoms with E-state index in [-0.39, 0.29) is 21.8 Å². The van der Waals surface area contributed by atoms with Crippen molar-refractivity contribution in [3.8, 4) is 16.9 Å². The fraction of sp³-hybridized carbons (Fsp3) is 0.118. The van der Waals surface area contributed by atoms with Crippen molar-refractivity contribution in [2.75, 3.05) is 0 Å². The summed E-state index contributed by atoms with van der Waals surface area (Å²) in [5, 5.41) is 8.61. The molecule has 0 spiro atoms. The number of sulfonamides is 1. The number of nitrogens with zero attached hydrogens (tertiary/aromatic N) is 2. The summed E-state index contributed by atoms with van der Waals surface area (Å²) in [5.41, 5.74) is -0.274. The van der Waals surface area contributed by atoms with Gasteiger partial charge in [-0.05, 0) is 61.0 Å². The van der Waals surface area contributed by atoms with Gasteiger partial charge >= 0.3 is 6.18 Å². The van der Waals surface area contributed by atoms with Crippen LogP contribution in [0.15, 0.2) is 53.4 Å². The zero-order valence-electron chi connectivity index (χ0n) is 13.8. The minimum Gasteiger partial charge on any atom is -0.233 e. The molecule has 1 aromatic heterocycles. The standard InChI is InChI=1S/C17H13F4N3O2S/c1-10-8-11(2-7-14(10)18)15-9-16(17(19,20)21)23-24(15)12-3-5-13(6-4-12)27(22,25)26/h2-9H,1H3,(H2,22,25,26). The summed E-state index contributed by atoms with van der Waals surface area (Å²) in [5.74, 6) is -0.488. The Labute approximate surface area is 152 Å². The third kappa shape index (κ3) is 3.86. The molecule has 27 heavy (non-hydrogen) atoms. The zero-order chi connectivity index (χ0) is 20.0. The Balaban J connectivity index is 2.19. The summed E-state index contributed by atoms with van der Waals surface area (Å²) < 4.78 is 76.7. The lowest BCUT2D eigenvalue weighted by Gasteiger charge is -2.09. The second kappa shape index (κ2) is 6.46. The van der Waals surface area contributed by atoms with Crippen LogP contribution in [-0.2, 0) is 16.2 Å². The molecule has 0 atom stereocenters. The Morgan fingerprint density at radius 3 is 2.19 bits per heavy atom. The van der Waals surface area contributed by atoms with Gasteiger partial charge < -0.3 is 0 Å². The lowest BCUT2D eigenvalue weighted by molar-refractivity contribution is -0.141. The van der Waals surface area contributed by atoms with Gasteiger partial charge in [-0.15, -0.1) is 0 Å². The minimum absolute atomic E-state index is 0.0776. The smallest absolute Gasteiger partial charge is 0.233 e. The number of hydrogen-bond donors (Lipinski definition) is 1. The number of aromatic nitrogens is 2. The predicted molar refractivity (Wildman–Crippen MR) is 90.1 cm³/mol. The van der Waals surface area contributed by atoms with Gasteiger partial charge in [0.15, 0.2) is 5.69 Å².